The number of aromatic nitrogens is 1. The first-order valence-electron chi connectivity index (χ1n) is 5.80. The third-order valence-electron chi connectivity index (χ3n) is 3.06. The van der Waals surface area contributed by atoms with Crippen molar-refractivity contribution < 1.29 is 13.2 Å². The zero-order valence-electron chi connectivity index (χ0n) is 10.5. The minimum Gasteiger partial charge on any atom is -0.295 e. The third-order valence-corrected chi connectivity index (χ3v) is 4.17. The molecule has 7 heteroatoms. The maximum absolute atomic E-state index is 13.4. The Morgan fingerprint density at radius 2 is 1.90 bits per heavy atom. The molecule has 0 unspecified atom stereocenters. The lowest BCUT2D eigenvalue weighted by Crippen LogP contribution is -2.51. The summed E-state index contributed by atoms with van der Waals surface area (Å²) in [6, 6.07) is 7.78. The van der Waals surface area contributed by atoms with Crippen LogP contribution in [0.25, 0.3) is 0 Å². The quantitative estimate of drug-likeness (QED) is 0.905. The first kappa shape index (κ1) is 15.3. The van der Waals surface area contributed by atoms with Crippen molar-refractivity contribution in [2.75, 3.05) is 0 Å². The molecule has 0 aliphatic carbocycles. The average Bonchev–Trinajstić information content (AvgIpc) is 2.81. The van der Waals surface area contributed by atoms with Crippen LogP contribution in [0.15, 0.2) is 36.5 Å². The molecule has 0 amide bonds. The van der Waals surface area contributed by atoms with E-state index in [2.05, 4.69) is 10.3 Å². The van der Waals surface area contributed by atoms with Crippen LogP contribution in [0, 0.1) is 0 Å². The van der Waals surface area contributed by atoms with Crippen LogP contribution < -0.4 is 5.32 Å². The zero-order chi connectivity index (χ0) is 14.8. The highest BCUT2D eigenvalue weighted by atomic mass is 35.5. The molecule has 0 aliphatic heterocycles. The van der Waals surface area contributed by atoms with Crippen LogP contribution in [0.2, 0.25) is 4.47 Å². The number of hydrogen-bond donors (Lipinski definition) is 1. The van der Waals surface area contributed by atoms with E-state index in [1.165, 1.54) is 18.3 Å². The predicted octanol–water partition coefficient (Wildman–Crippen LogP) is 4.36. The fourth-order valence-electron chi connectivity index (χ4n) is 1.77. The smallest absolute Gasteiger partial charge is 0.295 e. The molecule has 1 N–H and O–H groups in total. The Labute approximate surface area is 123 Å². The van der Waals surface area contributed by atoms with Crippen LogP contribution >= 0.6 is 22.9 Å². The highest BCUT2D eigenvalue weighted by Crippen LogP contribution is 2.39. The summed E-state index contributed by atoms with van der Waals surface area (Å²) < 4.78 is 40.5. The Balaban J connectivity index is 2.25. The SMILES string of the molecule is C[C@](NCc1cnc(Cl)s1)(c1ccccc1)C(F)(F)F. The van der Waals surface area contributed by atoms with E-state index in [-0.39, 0.29) is 12.1 Å². The fraction of sp³-hybridized carbons (Fsp3) is 0.308. The van der Waals surface area contributed by atoms with E-state index in [9.17, 15) is 13.2 Å². The fourth-order valence-corrected chi connectivity index (χ4v) is 2.68. The molecule has 0 radical (unpaired) electrons. The number of nitrogens with one attached hydrogen (secondary N) is 1. The maximum Gasteiger partial charge on any atom is 0.410 e. The van der Waals surface area contributed by atoms with Gasteiger partial charge < -0.3 is 0 Å². The van der Waals surface area contributed by atoms with E-state index >= 15 is 0 Å². The monoisotopic (exact) mass is 320 g/mol. The van der Waals surface area contributed by atoms with Crippen LogP contribution in [0.5, 0.6) is 0 Å². The molecule has 0 fully saturated rings. The number of hydrogen-bond acceptors (Lipinski definition) is 3. The molecule has 1 aromatic heterocycles. The lowest BCUT2D eigenvalue weighted by molar-refractivity contribution is -0.196. The van der Waals surface area contributed by atoms with Gasteiger partial charge >= 0.3 is 6.18 Å². The summed E-state index contributed by atoms with van der Waals surface area (Å²) >= 11 is 6.83. The van der Waals surface area contributed by atoms with Gasteiger partial charge in [-0.25, -0.2) is 4.98 Å². The second kappa shape index (κ2) is 5.71. The van der Waals surface area contributed by atoms with Gasteiger partial charge in [-0.2, -0.15) is 13.2 Å². The Hall–Kier alpha value is -1.11. The van der Waals surface area contributed by atoms with Crippen LogP contribution in [-0.2, 0) is 12.1 Å². The minimum atomic E-state index is -4.41. The van der Waals surface area contributed by atoms with Crippen molar-refractivity contribution >= 4 is 22.9 Å². The molecule has 0 saturated carbocycles. The Morgan fingerprint density at radius 3 is 2.40 bits per heavy atom. The summed E-state index contributed by atoms with van der Waals surface area (Å²) in [7, 11) is 0. The first-order valence-corrected chi connectivity index (χ1v) is 7.00. The molecule has 0 aliphatic rings. The van der Waals surface area contributed by atoms with Gasteiger partial charge in [-0.15, -0.1) is 11.3 Å². The van der Waals surface area contributed by atoms with Crippen LogP contribution in [-0.4, -0.2) is 11.2 Å². The van der Waals surface area contributed by atoms with Gasteiger partial charge in [0.05, 0.1) is 0 Å². The molecular formula is C13H12ClF3N2S. The molecule has 0 spiro atoms. The van der Waals surface area contributed by atoms with E-state index in [1.54, 1.807) is 18.2 Å². The molecule has 20 heavy (non-hydrogen) atoms. The number of halogens is 4. The maximum atomic E-state index is 13.4. The predicted molar refractivity (Wildman–Crippen MR) is 73.8 cm³/mol. The third kappa shape index (κ3) is 3.13. The second-order valence-electron chi connectivity index (χ2n) is 4.42. The van der Waals surface area contributed by atoms with Crippen molar-refractivity contribution in [1.29, 1.82) is 0 Å². The van der Waals surface area contributed by atoms with Crippen LogP contribution in [0.4, 0.5) is 13.2 Å². The highest BCUT2D eigenvalue weighted by Gasteiger charge is 2.51. The van der Waals surface area contributed by atoms with E-state index in [4.69, 9.17) is 11.6 Å². The van der Waals surface area contributed by atoms with Gasteiger partial charge in [-0.3, -0.25) is 5.32 Å². The van der Waals surface area contributed by atoms with Gasteiger partial charge in [0.2, 0.25) is 0 Å². The number of rotatable bonds is 4. The van der Waals surface area contributed by atoms with E-state index in [1.807, 2.05) is 0 Å². The molecule has 2 nitrogen and oxygen atoms in total. The molecule has 2 rings (SSSR count). The molecule has 0 saturated heterocycles. The summed E-state index contributed by atoms with van der Waals surface area (Å²) in [4.78, 5) is 4.47. The van der Waals surface area contributed by atoms with E-state index in [0.717, 1.165) is 18.3 Å². The Kier molecular flexibility index (Phi) is 4.36. The molecule has 0 bridgehead atoms. The lowest BCUT2D eigenvalue weighted by atomic mass is 9.91. The first-order chi connectivity index (χ1) is 9.33. The van der Waals surface area contributed by atoms with Gasteiger partial charge in [-0.05, 0) is 12.5 Å². The van der Waals surface area contributed by atoms with Crippen molar-refractivity contribution in [2.24, 2.45) is 0 Å². The molecule has 108 valence electrons. The van der Waals surface area contributed by atoms with Crippen molar-refractivity contribution in [3.63, 3.8) is 0 Å². The minimum absolute atomic E-state index is 0.0509. The highest BCUT2D eigenvalue weighted by molar-refractivity contribution is 7.15. The van der Waals surface area contributed by atoms with Gasteiger partial charge in [0.1, 0.15) is 5.54 Å². The summed E-state index contributed by atoms with van der Waals surface area (Å²) in [5.41, 5.74) is -1.95. The van der Waals surface area contributed by atoms with Crippen molar-refractivity contribution in [2.45, 2.75) is 25.2 Å². The van der Waals surface area contributed by atoms with Crippen molar-refractivity contribution in [3.05, 3.63) is 51.4 Å². The normalized spacial score (nSPS) is 15.1. The standard InChI is InChI=1S/C13H12ClF3N2S/c1-12(13(15,16)17,9-5-3-2-4-6-9)19-8-10-7-18-11(14)20-10/h2-7,19H,8H2,1H3/t12-/m0/s1. The van der Waals surface area contributed by atoms with Crippen LogP contribution in [0.1, 0.15) is 17.4 Å². The zero-order valence-corrected chi connectivity index (χ0v) is 12.1. The Morgan fingerprint density at radius 1 is 1.25 bits per heavy atom. The van der Waals surface area contributed by atoms with Gasteiger partial charge in [-0.1, -0.05) is 41.9 Å². The molecule has 1 heterocycles. The van der Waals surface area contributed by atoms with E-state index in [0.29, 0.717) is 9.34 Å². The largest absolute Gasteiger partial charge is 0.410 e. The summed E-state index contributed by atoms with van der Waals surface area (Å²) in [5, 5.41) is 2.57. The van der Waals surface area contributed by atoms with Crippen LogP contribution in [0.3, 0.4) is 0 Å². The second-order valence-corrected chi connectivity index (χ2v) is 6.12. The van der Waals surface area contributed by atoms with E-state index < -0.39 is 11.7 Å². The number of thiazole rings is 1. The summed E-state index contributed by atoms with van der Waals surface area (Å²) in [6.45, 7) is 1.18. The number of nitrogens with zero attached hydrogens (tertiary/aromatic N) is 1. The summed E-state index contributed by atoms with van der Waals surface area (Å²) in [5.74, 6) is 0. The molecule has 1 aromatic carbocycles. The Bertz CT molecular complexity index is 570. The topological polar surface area (TPSA) is 24.9 Å². The lowest BCUT2D eigenvalue weighted by Gasteiger charge is -2.33. The van der Waals surface area contributed by atoms with Crippen molar-refractivity contribution in [3.8, 4) is 0 Å². The molecule has 1 atom stereocenters. The van der Waals surface area contributed by atoms with Gasteiger partial charge in [0.25, 0.3) is 0 Å². The molecule has 2 aromatic rings. The summed E-state index contributed by atoms with van der Waals surface area (Å²) in [6.07, 6.45) is -2.94. The molecular weight excluding hydrogens is 309 g/mol. The van der Waals surface area contributed by atoms with Gasteiger partial charge in [0, 0.05) is 17.6 Å². The average molecular weight is 321 g/mol. The van der Waals surface area contributed by atoms with Gasteiger partial charge in [0.15, 0.2) is 4.47 Å². The number of alkyl halides is 3. The van der Waals surface area contributed by atoms with Crippen molar-refractivity contribution in [1.82, 2.24) is 10.3 Å². The number of benzene rings is 1.